The Bertz CT molecular complexity index is 1310. The normalized spacial score (nSPS) is 14.5. The van der Waals surface area contributed by atoms with Gasteiger partial charge in [0.1, 0.15) is 9.90 Å². The Morgan fingerprint density at radius 3 is 2.64 bits per heavy atom. The van der Waals surface area contributed by atoms with E-state index in [2.05, 4.69) is 0 Å². The first-order valence-electron chi connectivity index (χ1n) is 10.4. The minimum Gasteiger partial charge on any atom is -0.338 e. The van der Waals surface area contributed by atoms with Crippen LogP contribution in [0.5, 0.6) is 0 Å². The fraction of sp³-hybridized carbons (Fsp3) is 0.217. The van der Waals surface area contributed by atoms with Crippen LogP contribution in [0.4, 0.5) is 5.69 Å². The van der Waals surface area contributed by atoms with Crippen LogP contribution in [0.25, 0.3) is 16.9 Å². The number of rotatable bonds is 5. The molecule has 1 amide bonds. The van der Waals surface area contributed by atoms with Crippen molar-refractivity contribution in [3.05, 3.63) is 84.6 Å². The van der Waals surface area contributed by atoms with E-state index in [-0.39, 0.29) is 22.5 Å². The molecule has 4 aromatic rings. The third-order valence-electron chi connectivity index (χ3n) is 5.81. The highest BCUT2D eigenvalue weighted by atomic mass is 35.5. The van der Waals surface area contributed by atoms with Crippen molar-refractivity contribution in [2.24, 2.45) is 0 Å². The lowest BCUT2D eigenvalue weighted by Gasteiger charge is -2.31. The number of carbonyl (C=O) groups excluding carboxylic acids is 1. The molecule has 1 saturated heterocycles. The highest BCUT2D eigenvalue weighted by Gasteiger charge is 2.28. The zero-order valence-electron chi connectivity index (χ0n) is 17.4. The number of hydrogen-bond acceptors (Lipinski definition) is 6. The van der Waals surface area contributed by atoms with Gasteiger partial charge in [-0.3, -0.25) is 14.9 Å². The molecule has 3 aromatic heterocycles. The van der Waals surface area contributed by atoms with Crippen molar-refractivity contribution in [2.45, 2.75) is 18.8 Å². The molecule has 0 N–H and O–H groups in total. The average molecular weight is 499 g/mol. The highest BCUT2D eigenvalue weighted by Crippen LogP contribution is 2.36. The lowest BCUT2D eigenvalue weighted by atomic mass is 9.97. The zero-order valence-corrected chi connectivity index (χ0v) is 19.8. The number of hydrogen-bond donors (Lipinski definition) is 0. The van der Waals surface area contributed by atoms with E-state index in [0.29, 0.717) is 24.3 Å². The minimum atomic E-state index is -0.485. The number of thiazole rings is 1. The van der Waals surface area contributed by atoms with Crippen molar-refractivity contribution >= 4 is 45.9 Å². The molecular weight excluding hydrogens is 480 g/mol. The van der Waals surface area contributed by atoms with Crippen LogP contribution in [-0.2, 0) is 0 Å². The Labute approximate surface area is 203 Å². The van der Waals surface area contributed by atoms with Gasteiger partial charge >= 0.3 is 0 Å². The number of nitro groups is 1. The number of benzene rings is 1. The summed E-state index contributed by atoms with van der Waals surface area (Å²) in [6.07, 6.45) is 5.56. The van der Waals surface area contributed by atoms with E-state index in [4.69, 9.17) is 16.6 Å². The molecule has 168 valence electrons. The van der Waals surface area contributed by atoms with Gasteiger partial charge in [-0.2, -0.15) is 0 Å². The number of aromatic nitrogens is 2. The first-order chi connectivity index (χ1) is 16.0. The Balaban J connectivity index is 1.27. The Morgan fingerprint density at radius 1 is 1.15 bits per heavy atom. The fourth-order valence-corrected chi connectivity index (χ4v) is 6.10. The summed E-state index contributed by atoms with van der Waals surface area (Å²) < 4.78 is 1.97. The van der Waals surface area contributed by atoms with Gasteiger partial charge in [0.25, 0.3) is 11.6 Å². The fourth-order valence-electron chi connectivity index (χ4n) is 4.05. The van der Waals surface area contributed by atoms with Crippen molar-refractivity contribution in [2.75, 3.05) is 13.1 Å². The molecule has 0 unspecified atom stereocenters. The summed E-state index contributed by atoms with van der Waals surface area (Å²) in [6.45, 7) is 1.35. The first-order valence-corrected chi connectivity index (χ1v) is 12.5. The average Bonchev–Trinajstić information content (AvgIpc) is 3.60. The van der Waals surface area contributed by atoms with Crippen LogP contribution in [0.1, 0.15) is 33.4 Å². The number of nitrogens with zero attached hydrogens (tertiary/aromatic N) is 4. The summed E-state index contributed by atoms with van der Waals surface area (Å²) in [6, 6.07) is 10.6. The minimum absolute atomic E-state index is 0.0699. The van der Waals surface area contributed by atoms with Gasteiger partial charge in [0.05, 0.1) is 21.3 Å². The number of amides is 1. The SMILES string of the molecule is O=C(c1sccc1-n1cccc1)N1CCC(c2nc(-c3ccc(Cl)c([N+](=O)[O-])c3)cs2)CC1. The number of nitro benzene ring substituents is 1. The second kappa shape index (κ2) is 9.09. The predicted molar refractivity (Wildman–Crippen MR) is 131 cm³/mol. The molecule has 0 bridgehead atoms. The molecule has 1 aliphatic rings. The van der Waals surface area contributed by atoms with E-state index in [1.165, 1.54) is 23.5 Å². The number of piperidine rings is 1. The van der Waals surface area contributed by atoms with Gasteiger partial charge in [-0.25, -0.2) is 4.98 Å². The maximum atomic E-state index is 13.2. The molecular formula is C23H19ClN4O3S2. The first kappa shape index (κ1) is 21.8. The van der Waals surface area contributed by atoms with Crippen molar-refractivity contribution in [3.63, 3.8) is 0 Å². The maximum Gasteiger partial charge on any atom is 0.288 e. The molecule has 0 saturated carbocycles. The Kier molecular flexibility index (Phi) is 6.01. The summed E-state index contributed by atoms with van der Waals surface area (Å²) in [5, 5.41) is 16.2. The van der Waals surface area contributed by atoms with Crippen molar-refractivity contribution in [3.8, 4) is 16.9 Å². The molecule has 10 heteroatoms. The summed E-state index contributed by atoms with van der Waals surface area (Å²) in [4.78, 5) is 31.3. The summed E-state index contributed by atoms with van der Waals surface area (Å²) >= 11 is 8.96. The van der Waals surface area contributed by atoms with Gasteiger partial charge in [-0.1, -0.05) is 17.7 Å². The monoisotopic (exact) mass is 498 g/mol. The topological polar surface area (TPSA) is 81.3 Å². The number of likely N-dealkylation sites (tertiary alicyclic amines) is 1. The molecule has 0 radical (unpaired) electrons. The van der Waals surface area contributed by atoms with Gasteiger partial charge in [0, 0.05) is 48.4 Å². The highest BCUT2D eigenvalue weighted by molar-refractivity contribution is 7.12. The summed E-state index contributed by atoms with van der Waals surface area (Å²) in [5.74, 6) is 0.336. The van der Waals surface area contributed by atoms with Crippen molar-refractivity contribution in [1.82, 2.24) is 14.5 Å². The second-order valence-corrected chi connectivity index (χ2v) is 10.00. The van der Waals surface area contributed by atoms with Crippen LogP contribution in [0.15, 0.2) is 59.6 Å². The summed E-state index contributed by atoms with van der Waals surface area (Å²) in [5.41, 5.74) is 2.18. The number of halogens is 1. The third-order valence-corrected chi connectivity index (χ3v) is 8.03. The molecule has 0 spiro atoms. The molecule has 5 rings (SSSR count). The zero-order chi connectivity index (χ0) is 22.9. The van der Waals surface area contributed by atoms with E-state index < -0.39 is 4.92 Å². The molecule has 4 heterocycles. The predicted octanol–water partition coefficient (Wildman–Crippen LogP) is 6.24. The van der Waals surface area contributed by atoms with Gasteiger partial charge < -0.3 is 9.47 Å². The van der Waals surface area contributed by atoms with Crippen molar-refractivity contribution < 1.29 is 9.72 Å². The summed E-state index contributed by atoms with van der Waals surface area (Å²) in [7, 11) is 0. The third kappa shape index (κ3) is 4.31. The van der Waals surface area contributed by atoms with Crippen LogP contribution in [0.3, 0.4) is 0 Å². The molecule has 7 nitrogen and oxygen atoms in total. The lowest BCUT2D eigenvalue weighted by molar-refractivity contribution is -0.384. The standard InChI is InChI=1S/C23H19ClN4O3S2/c24-17-4-3-16(13-20(17)28(30)31)18-14-33-22(25-18)15-5-10-27(11-6-15)23(29)21-19(7-12-32-21)26-8-1-2-9-26/h1-4,7-9,12-15H,5-6,10-11H2. The van der Waals surface area contributed by atoms with Crippen LogP contribution in [0, 0.1) is 10.1 Å². The second-order valence-electron chi connectivity index (χ2n) is 7.79. The Hall–Kier alpha value is -3.01. The van der Waals surface area contributed by atoms with E-state index >= 15 is 0 Å². The van der Waals surface area contributed by atoms with E-state index in [1.54, 1.807) is 17.4 Å². The Morgan fingerprint density at radius 2 is 1.91 bits per heavy atom. The van der Waals surface area contributed by atoms with Crippen LogP contribution in [0.2, 0.25) is 5.02 Å². The van der Waals surface area contributed by atoms with Gasteiger partial charge in [-0.05, 0) is 42.5 Å². The van der Waals surface area contributed by atoms with Crippen LogP contribution >= 0.6 is 34.3 Å². The number of thiophene rings is 1. The van der Waals surface area contributed by atoms with Crippen molar-refractivity contribution in [1.29, 1.82) is 0 Å². The van der Waals surface area contributed by atoms with Crippen LogP contribution < -0.4 is 0 Å². The number of carbonyl (C=O) groups is 1. The molecule has 33 heavy (non-hydrogen) atoms. The molecule has 0 atom stereocenters. The molecule has 1 aliphatic heterocycles. The maximum absolute atomic E-state index is 13.2. The quantitative estimate of drug-likeness (QED) is 0.241. The van der Waals surface area contributed by atoms with E-state index in [1.807, 2.05) is 50.8 Å². The molecule has 0 aliphatic carbocycles. The van der Waals surface area contributed by atoms with Gasteiger partial charge in [0.15, 0.2) is 0 Å². The lowest BCUT2D eigenvalue weighted by Crippen LogP contribution is -2.37. The van der Waals surface area contributed by atoms with Crippen LogP contribution in [-0.4, -0.2) is 38.4 Å². The molecule has 1 aromatic carbocycles. The smallest absolute Gasteiger partial charge is 0.288 e. The van der Waals surface area contributed by atoms with E-state index in [0.717, 1.165) is 28.4 Å². The van der Waals surface area contributed by atoms with E-state index in [9.17, 15) is 14.9 Å². The molecule has 1 fully saturated rings. The van der Waals surface area contributed by atoms with Gasteiger partial charge in [0.2, 0.25) is 0 Å². The largest absolute Gasteiger partial charge is 0.338 e. The van der Waals surface area contributed by atoms with Gasteiger partial charge in [-0.15, -0.1) is 22.7 Å².